The van der Waals surface area contributed by atoms with Crippen LogP contribution >= 0.6 is 0 Å². The van der Waals surface area contributed by atoms with Gasteiger partial charge in [-0.15, -0.1) is 0 Å². The highest BCUT2D eigenvalue weighted by Crippen LogP contribution is 2.11. The van der Waals surface area contributed by atoms with Crippen molar-refractivity contribution in [1.29, 1.82) is 0 Å². The van der Waals surface area contributed by atoms with Gasteiger partial charge in [-0.05, 0) is 23.8 Å². The SMILES string of the molecule is CCc1nccn1Cc1cc(F)cc(C#CCO)c1. The summed E-state index contributed by atoms with van der Waals surface area (Å²) in [6, 6.07) is 4.68. The summed E-state index contributed by atoms with van der Waals surface area (Å²) in [4.78, 5) is 4.23. The number of halogens is 1. The highest BCUT2D eigenvalue weighted by atomic mass is 19.1. The Balaban J connectivity index is 2.27. The van der Waals surface area contributed by atoms with E-state index in [0.29, 0.717) is 12.1 Å². The molecule has 3 nitrogen and oxygen atoms in total. The van der Waals surface area contributed by atoms with Crippen molar-refractivity contribution < 1.29 is 9.50 Å². The predicted octanol–water partition coefficient (Wildman–Crippen LogP) is 1.98. The third kappa shape index (κ3) is 3.43. The van der Waals surface area contributed by atoms with Crippen LogP contribution in [-0.2, 0) is 13.0 Å². The first-order valence-corrected chi connectivity index (χ1v) is 6.12. The maximum atomic E-state index is 13.5. The lowest BCUT2D eigenvalue weighted by molar-refractivity contribution is 0.350. The topological polar surface area (TPSA) is 38.0 Å². The molecule has 0 saturated carbocycles. The normalized spacial score (nSPS) is 10.1. The van der Waals surface area contributed by atoms with Crippen LogP contribution < -0.4 is 0 Å². The van der Waals surface area contributed by atoms with E-state index in [9.17, 15) is 4.39 Å². The minimum Gasteiger partial charge on any atom is -0.384 e. The second-order valence-corrected chi connectivity index (χ2v) is 4.13. The maximum Gasteiger partial charge on any atom is 0.124 e. The van der Waals surface area contributed by atoms with Gasteiger partial charge in [0.15, 0.2) is 0 Å². The Morgan fingerprint density at radius 1 is 1.37 bits per heavy atom. The van der Waals surface area contributed by atoms with E-state index in [0.717, 1.165) is 17.8 Å². The number of imidazole rings is 1. The molecule has 1 aromatic carbocycles. The van der Waals surface area contributed by atoms with Crippen LogP contribution in [0.3, 0.4) is 0 Å². The molecule has 0 fully saturated rings. The second kappa shape index (κ2) is 6.17. The Labute approximate surface area is 111 Å². The highest BCUT2D eigenvalue weighted by Gasteiger charge is 2.04. The third-order valence-electron chi connectivity index (χ3n) is 2.74. The first-order chi connectivity index (χ1) is 9.22. The molecule has 0 aliphatic carbocycles. The fraction of sp³-hybridized carbons (Fsp3) is 0.267. The molecule has 0 radical (unpaired) electrons. The smallest absolute Gasteiger partial charge is 0.124 e. The zero-order valence-corrected chi connectivity index (χ0v) is 10.7. The molecule has 1 aromatic heterocycles. The molecule has 2 rings (SSSR count). The van der Waals surface area contributed by atoms with Gasteiger partial charge in [-0.25, -0.2) is 9.37 Å². The summed E-state index contributed by atoms with van der Waals surface area (Å²) in [5.41, 5.74) is 1.40. The van der Waals surface area contributed by atoms with Crippen molar-refractivity contribution in [2.45, 2.75) is 19.9 Å². The molecule has 4 heteroatoms. The molecular formula is C15H15FN2O. The summed E-state index contributed by atoms with van der Waals surface area (Å²) in [6.45, 7) is 2.37. The molecule has 19 heavy (non-hydrogen) atoms. The lowest BCUT2D eigenvalue weighted by Crippen LogP contribution is -2.04. The molecule has 0 spiro atoms. The Kier molecular flexibility index (Phi) is 4.32. The summed E-state index contributed by atoms with van der Waals surface area (Å²) in [5.74, 6) is 5.88. The zero-order valence-electron chi connectivity index (χ0n) is 10.7. The number of hydrogen-bond donors (Lipinski definition) is 1. The van der Waals surface area contributed by atoms with Crippen LogP contribution in [0.15, 0.2) is 30.6 Å². The number of rotatable bonds is 3. The van der Waals surface area contributed by atoms with Crippen LogP contribution in [0.2, 0.25) is 0 Å². The van der Waals surface area contributed by atoms with E-state index in [1.165, 1.54) is 12.1 Å². The van der Waals surface area contributed by atoms with Gasteiger partial charge in [0, 0.05) is 30.9 Å². The van der Waals surface area contributed by atoms with E-state index >= 15 is 0 Å². The number of nitrogens with zero attached hydrogens (tertiary/aromatic N) is 2. The summed E-state index contributed by atoms with van der Waals surface area (Å²) in [7, 11) is 0. The third-order valence-corrected chi connectivity index (χ3v) is 2.74. The van der Waals surface area contributed by atoms with Crippen LogP contribution in [-0.4, -0.2) is 21.3 Å². The zero-order chi connectivity index (χ0) is 13.7. The Morgan fingerprint density at radius 2 is 2.21 bits per heavy atom. The van der Waals surface area contributed by atoms with E-state index in [1.54, 1.807) is 6.20 Å². The molecule has 0 aliphatic heterocycles. The Hall–Kier alpha value is -2.12. The molecule has 0 unspecified atom stereocenters. The van der Waals surface area contributed by atoms with Gasteiger partial charge in [0.1, 0.15) is 18.2 Å². The van der Waals surface area contributed by atoms with Crippen molar-refractivity contribution >= 4 is 0 Å². The molecular weight excluding hydrogens is 243 g/mol. The van der Waals surface area contributed by atoms with Gasteiger partial charge in [-0.1, -0.05) is 18.8 Å². The largest absolute Gasteiger partial charge is 0.384 e. The van der Waals surface area contributed by atoms with Crippen molar-refractivity contribution in [2.75, 3.05) is 6.61 Å². The molecule has 98 valence electrons. The van der Waals surface area contributed by atoms with Crippen LogP contribution in [0.1, 0.15) is 23.9 Å². The predicted molar refractivity (Wildman–Crippen MR) is 71.1 cm³/mol. The van der Waals surface area contributed by atoms with Crippen LogP contribution in [0.4, 0.5) is 4.39 Å². The molecule has 2 aromatic rings. The molecule has 0 bridgehead atoms. The van der Waals surface area contributed by atoms with Crippen molar-refractivity contribution in [3.05, 3.63) is 53.4 Å². The first kappa shape index (κ1) is 13.3. The average Bonchev–Trinajstić information content (AvgIpc) is 2.83. The van der Waals surface area contributed by atoms with Gasteiger partial charge in [-0.3, -0.25) is 0 Å². The van der Waals surface area contributed by atoms with Crippen LogP contribution in [0, 0.1) is 17.7 Å². The van der Waals surface area contributed by atoms with Gasteiger partial charge in [-0.2, -0.15) is 0 Å². The van der Waals surface area contributed by atoms with Crippen molar-refractivity contribution in [2.24, 2.45) is 0 Å². The number of hydrogen-bond acceptors (Lipinski definition) is 2. The van der Waals surface area contributed by atoms with E-state index in [2.05, 4.69) is 16.8 Å². The Morgan fingerprint density at radius 3 is 2.95 bits per heavy atom. The number of aromatic nitrogens is 2. The van der Waals surface area contributed by atoms with Gasteiger partial charge >= 0.3 is 0 Å². The molecule has 1 heterocycles. The number of benzene rings is 1. The second-order valence-electron chi connectivity index (χ2n) is 4.13. The number of aryl methyl sites for hydroxylation is 1. The summed E-state index contributed by atoms with van der Waals surface area (Å²) >= 11 is 0. The molecule has 1 N–H and O–H groups in total. The van der Waals surface area contributed by atoms with Gasteiger partial charge in [0.2, 0.25) is 0 Å². The van der Waals surface area contributed by atoms with E-state index in [1.807, 2.05) is 23.8 Å². The first-order valence-electron chi connectivity index (χ1n) is 6.12. The molecule has 0 amide bonds. The highest BCUT2D eigenvalue weighted by molar-refractivity contribution is 5.38. The lowest BCUT2D eigenvalue weighted by atomic mass is 10.1. The summed E-state index contributed by atoms with van der Waals surface area (Å²) in [5, 5.41) is 8.66. The molecule has 0 saturated heterocycles. The van der Waals surface area contributed by atoms with Crippen LogP contribution in [0.5, 0.6) is 0 Å². The quantitative estimate of drug-likeness (QED) is 0.855. The van der Waals surface area contributed by atoms with Gasteiger partial charge < -0.3 is 9.67 Å². The fourth-order valence-electron chi connectivity index (χ4n) is 1.95. The summed E-state index contributed by atoms with van der Waals surface area (Å²) in [6.07, 6.45) is 4.45. The van der Waals surface area contributed by atoms with E-state index in [4.69, 9.17) is 5.11 Å². The van der Waals surface area contributed by atoms with Crippen molar-refractivity contribution in [3.63, 3.8) is 0 Å². The number of aliphatic hydroxyl groups excluding tert-OH is 1. The lowest BCUT2D eigenvalue weighted by Gasteiger charge is -2.07. The van der Waals surface area contributed by atoms with Crippen LogP contribution in [0.25, 0.3) is 0 Å². The monoisotopic (exact) mass is 258 g/mol. The maximum absolute atomic E-state index is 13.5. The van der Waals surface area contributed by atoms with E-state index < -0.39 is 0 Å². The fourth-order valence-corrected chi connectivity index (χ4v) is 1.95. The standard InChI is InChI=1S/C15H15FN2O/c1-2-15-17-5-6-18(15)11-13-8-12(4-3-7-19)9-14(16)10-13/h5-6,8-10,19H,2,7,11H2,1H3. The summed E-state index contributed by atoms with van der Waals surface area (Å²) < 4.78 is 15.5. The number of aliphatic hydroxyl groups is 1. The van der Waals surface area contributed by atoms with E-state index in [-0.39, 0.29) is 12.4 Å². The van der Waals surface area contributed by atoms with Crippen molar-refractivity contribution in [3.8, 4) is 11.8 Å². The Bertz CT molecular complexity index is 623. The molecule has 0 atom stereocenters. The van der Waals surface area contributed by atoms with Gasteiger partial charge in [0.25, 0.3) is 0 Å². The molecule has 0 aliphatic rings. The minimum absolute atomic E-state index is 0.229. The van der Waals surface area contributed by atoms with Gasteiger partial charge in [0.05, 0.1) is 0 Å². The minimum atomic E-state index is -0.321. The van der Waals surface area contributed by atoms with Crippen molar-refractivity contribution in [1.82, 2.24) is 9.55 Å². The average molecular weight is 258 g/mol.